The van der Waals surface area contributed by atoms with Crippen LogP contribution in [0.25, 0.3) is 10.2 Å². The zero-order valence-electron chi connectivity index (χ0n) is 16.2. The van der Waals surface area contributed by atoms with Gasteiger partial charge in [0.15, 0.2) is 0 Å². The summed E-state index contributed by atoms with van der Waals surface area (Å²) in [6.07, 6.45) is 3.95. The van der Waals surface area contributed by atoms with Crippen LogP contribution in [0.2, 0.25) is 0 Å². The van der Waals surface area contributed by atoms with Crippen molar-refractivity contribution in [1.82, 2.24) is 19.8 Å². The molecule has 0 aromatic carbocycles. The Labute approximate surface area is 168 Å². The minimum atomic E-state index is 0.0641. The van der Waals surface area contributed by atoms with Crippen molar-refractivity contribution in [1.29, 1.82) is 0 Å². The Hall–Kier alpha value is -1.81. The van der Waals surface area contributed by atoms with E-state index in [-0.39, 0.29) is 18.6 Å². The lowest BCUT2D eigenvalue weighted by atomic mass is 10.1. The molecule has 1 unspecified atom stereocenters. The minimum Gasteiger partial charge on any atom is -0.395 e. The number of carbonyl (C=O) groups is 1. The number of β-amino-alcohol motifs (C(OH)–C–C–N with tert-alkyl or cyclic N) is 1. The number of anilines is 1. The number of aryl methyl sites for hydroxylation is 1. The van der Waals surface area contributed by atoms with Gasteiger partial charge in [0.25, 0.3) is 5.91 Å². The number of hydrogen-bond acceptors (Lipinski definition) is 8. The monoisotopic (exact) mass is 405 g/mol. The third-order valence-electron chi connectivity index (χ3n) is 5.52. The third kappa shape index (κ3) is 3.98. The van der Waals surface area contributed by atoms with Crippen LogP contribution in [0.1, 0.15) is 28.1 Å². The molecule has 0 radical (unpaired) electrons. The molecule has 9 heteroatoms. The van der Waals surface area contributed by atoms with Gasteiger partial charge in [-0.05, 0) is 25.3 Å². The number of aliphatic hydroxyl groups excluding tert-OH is 1. The second-order valence-corrected chi connectivity index (χ2v) is 8.33. The number of ether oxygens (including phenoxy) is 1. The number of aromatic nitrogens is 2. The van der Waals surface area contributed by atoms with Crippen molar-refractivity contribution in [3.05, 3.63) is 16.8 Å². The number of carbonyl (C=O) groups excluding carboxylic acids is 1. The van der Waals surface area contributed by atoms with Crippen LogP contribution in [0.4, 0.5) is 5.82 Å². The second kappa shape index (κ2) is 8.69. The molecule has 8 nitrogen and oxygen atoms in total. The van der Waals surface area contributed by atoms with Gasteiger partial charge in [-0.2, -0.15) is 0 Å². The molecular formula is C19H27N5O3S. The van der Waals surface area contributed by atoms with E-state index in [0.29, 0.717) is 19.6 Å². The van der Waals surface area contributed by atoms with Crippen LogP contribution in [0.5, 0.6) is 0 Å². The highest BCUT2D eigenvalue weighted by Crippen LogP contribution is 2.34. The maximum absolute atomic E-state index is 13.1. The number of rotatable bonds is 6. The fraction of sp³-hybridized carbons (Fsp3) is 0.632. The zero-order valence-corrected chi connectivity index (χ0v) is 17.0. The molecule has 0 saturated carbocycles. The van der Waals surface area contributed by atoms with Crippen LogP contribution in [0, 0.1) is 6.92 Å². The first-order chi connectivity index (χ1) is 13.7. The molecule has 2 N–H and O–H groups in total. The highest BCUT2D eigenvalue weighted by atomic mass is 32.1. The molecule has 2 saturated heterocycles. The van der Waals surface area contributed by atoms with Crippen molar-refractivity contribution in [3.8, 4) is 0 Å². The Morgan fingerprint density at radius 1 is 1.36 bits per heavy atom. The van der Waals surface area contributed by atoms with Gasteiger partial charge in [0.05, 0.1) is 23.0 Å². The highest BCUT2D eigenvalue weighted by Gasteiger charge is 2.26. The summed E-state index contributed by atoms with van der Waals surface area (Å²) in [6.45, 7) is 7.31. The molecule has 0 aliphatic carbocycles. The summed E-state index contributed by atoms with van der Waals surface area (Å²) in [5.41, 5.74) is 0.943. The Morgan fingerprint density at radius 3 is 2.89 bits per heavy atom. The first kappa shape index (κ1) is 19.5. The molecule has 152 valence electrons. The first-order valence-corrected chi connectivity index (χ1v) is 10.7. The smallest absolute Gasteiger partial charge is 0.264 e. The molecule has 2 aromatic heterocycles. The Kier molecular flexibility index (Phi) is 6.05. The number of piperazine rings is 1. The molecule has 0 bridgehead atoms. The van der Waals surface area contributed by atoms with Gasteiger partial charge in [-0.3, -0.25) is 9.69 Å². The lowest BCUT2D eigenvalue weighted by Crippen LogP contribution is -2.49. The standard InChI is InChI=1S/C19H27N5O3S/c1-13-15-17(20-11-14-3-2-10-27-14)21-12-22-18(15)28-16(13)19(26)24-6-4-23(5-7-24)8-9-25/h12,14,25H,2-11H2,1H3,(H,20,21,22). The molecule has 4 heterocycles. The molecule has 2 aliphatic heterocycles. The van der Waals surface area contributed by atoms with Gasteiger partial charge >= 0.3 is 0 Å². The summed E-state index contributed by atoms with van der Waals surface area (Å²) in [5, 5.41) is 13.4. The fourth-order valence-corrected chi connectivity index (χ4v) is 5.00. The topological polar surface area (TPSA) is 90.8 Å². The summed E-state index contributed by atoms with van der Waals surface area (Å²) >= 11 is 1.44. The van der Waals surface area contributed by atoms with Gasteiger partial charge < -0.3 is 20.1 Å². The molecule has 1 atom stereocenters. The molecule has 0 spiro atoms. The van der Waals surface area contributed by atoms with E-state index in [0.717, 1.165) is 65.6 Å². The largest absolute Gasteiger partial charge is 0.395 e. The molecular weight excluding hydrogens is 378 g/mol. The first-order valence-electron chi connectivity index (χ1n) is 9.89. The van der Waals surface area contributed by atoms with Gasteiger partial charge in [0, 0.05) is 45.9 Å². The van der Waals surface area contributed by atoms with Crippen molar-refractivity contribution in [2.24, 2.45) is 0 Å². The van der Waals surface area contributed by atoms with E-state index in [1.165, 1.54) is 11.3 Å². The Balaban J connectivity index is 1.51. The van der Waals surface area contributed by atoms with Crippen LogP contribution in [0.3, 0.4) is 0 Å². The molecule has 1 amide bonds. The Morgan fingerprint density at radius 2 is 2.18 bits per heavy atom. The van der Waals surface area contributed by atoms with Crippen LogP contribution >= 0.6 is 11.3 Å². The molecule has 28 heavy (non-hydrogen) atoms. The quantitative estimate of drug-likeness (QED) is 0.749. The number of fused-ring (bicyclic) bond motifs is 1. The highest BCUT2D eigenvalue weighted by molar-refractivity contribution is 7.20. The Bertz CT molecular complexity index is 828. The van der Waals surface area contributed by atoms with Gasteiger partial charge in [-0.1, -0.05) is 0 Å². The molecule has 2 aromatic rings. The second-order valence-electron chi connectivity index (χ2n) is 7.33. The lowest BCUT2D eigenvalue weighted by Gasteiger charge is -2.34. The number of nitrogens with one attached hydrogen (secondary N) is 1. The van der Waals surface area contributed by atoms with E-state index >= 15 is 0 Å². The van der Waals surface area contributed by atoms with Gasteiger partial charge in [-0.15, -0.1) is 11.3 Å². The summed E-state index contributed by atoms with van der Waals surface area (Å²) in [7, 11) is 0. The van der Waals surface area contributed by atoms with Crippen molar-refractivity contribution in [3.63, 3.8) is 0 Å². The van der Waals surface area contributed by atoms with Gasteiger partial charge in [0.1, 0.15) is 17.0 Å². The number of aliphatic hydroxyl groups is 1. The normalized spacial score (nSPS) is 20.8. The van der Waals surface area contributed by atoms with Crippen LogP contribution in [-0.2, 0) is 4.74 Å². The SMILES string of the molecule is Cc1c(C(=O)N2CCN(CCO)CC2)sc2ncnc(NCC3CCCO3)c12. The maximum atomic E-state index is 13.1. The van der Waals surface area contributed by atoms with Crippen molar-refractivity contribution < 1.29 is 14.6 Å². The number of thiophene rings is 1. The maximum Gasteiger partial charge on any atom is 0.264 e. The van der Waals surface area contributed by atoms with Crippen molar-refractivity contribution >= 4 is 33.3 Å². The molecule has 2 fully saturated rings. The predicted octanol–water partition coefficient (Wildman–Crippen LogP) is 1.34. The summed E-state index contributed by atoms with van der Waals surface area (Å²) < 4.78 is 5.68. The lowest BCUT2D eigenvalue weighted by molar-refractivity contribution is 0.0619. The average molecular weight is 406 g/mol. The summed E-state index contributed by atoms with van der Waals surface area (Å²) in [4.78, 5) is 27.6. The fourth-order valence-electron chi connectivity index (χ4n) is 3.89. The van der Waals surface area contributed by atoms with Crippen LogP contribution < -0.4 is 5.32 Å². The van der Waals surface area contributed by atoms with E-state index in [9.17, 15) is 4.79 Å². The van der Waals surface area contributed by atoms with Crippen LogP contribution in [0.15, 0.2) is 6.33 Å². The van der Waals surface area contributed by atoms with E-state index in [1.807, 2.05) is 11.8 Å². The zero-order chi connectivity index (χ0) is 19.5. The number of nitrogens with zero attached hydrogens (tertiary/aromatic N) is 4. The number of hydrogen-bond donors (Lipinski definition) is 2. The predicted molar refractivity (Wildman–Crippen MR) is 109 cm³/mol. The van der Waals surface area contributed by atoms with E-state index in [2.05, 4.69) is 20.2 Å². The average Bonchev–Trinajstić information content (AvgIpc) is 3.35. The van der Waals surface area contributed by atoms with E-state index < -0.39 is 0 Å². The van der Waals surface area contributed by atoms with Crippen molar-refractivity contribution in [2.45, 2.75) is 25.9 Å². The van der Waals surface area contributed by atoms with Crippen LogP contribution in [-0.4, -0.2) is 89.4 Å². The summed E-state index contributed by atoms with van der Waals surface area (Å²) in [6, 6.07) is 0. The van der Waals surface area contributed by atoms with Gasteiger partial charge in [-0.25, -0.2) is 9.97 Å². The third-order valence-corrected chi connectivity index (χ3v) is 6.71. The van der Waals surface area contributed by atoms with E-state index in [4.69, 9.17) is 9.84 Å². The van der Waals surface area contributed by atoms with E-state index in [1.54, 1.807) is 6.33 Å². The van der Waals surface area contributed by atoms with Gasteiger partial charge in [0.2, 0.25) is 0 Å². The van der Waals surface area contributed by atoms with Crippen molar-refractivity contribution in [2.75, 3.05) is 57.8 Å². The minimum absolute atomic E-state index is 0.0641. The number of amides is 1. The molecule has 4 rings (SSSR count). The molecule has 2 aliphatic rings. The summed E-state index contributed by atoms with van der Waals surface area (Å²) in [5.74, 6) is 0.843.